The standard InChI is InChI=1S/C18H25FN6O/c1-13-22-23-24-25(13)16(11-14-3-5-15(19)6-4-14)17(26)21-12-18(2)7-9-20-10-8-18/h3-6,16,20H,7-12H2,1-2H3,(H,21,26). The van der Waals surface area contributed by atoms with Crippen molar-refractivity contribution in [3.05, 3.63) is 41.5 Å². The molecule has 1 fully saturated rings. The van der Waals surface area contributed by atoms with Gasteiger partial charge in [0, 0.05) is 13.0 Å². The molecule has 8 heteroatoms. The Hall–Kier alpha value is -2.35. The van der Waals surface area contributed by atoms with Crippen LogP contribution in [0.1, 0.15) is 37.2 Å². The monoisotopic (exact) mass is 360 g/mol. The molecule has 2 heterocycles. The Morgan fingerprint density at radius 3 is 2.65 bits per heavy atom. The zero-order valence-corrected chi connectivity index (χ0v) is 15.2. The quantitative estimate of drug-likeness (QED) is 0.814. The van der Waals surface area contributed by atoms with E-state index in [-0.39, 0.29) is 17.1 Å². The Labute approximate surface area is 152 Å². The Morgan fingerprint density at radius 2 is 2.04 bits per heavy atom. The molecule has 2 N–H and O–H groups in total. The van der Waals surface area contributed by atoms with E-state index in [9.17, 15) is 9.18 Å². The summed E-state index contributed by atoms with van der Waals surface area (Å²) in [5.74, 6) is 0.150. The number of hydrogen-bond donors (Lipinski definition) is 2. The van der Waals surface area contributed by atoms with Gasteiger partial charge in [-0.2, -0.15) is 0 Å². The molecule has 140 valence electrons. The largest absolute Gasteiger partial charge is 0.354 e. The average Bonchev–Trinajstić information content (AvgIpc) is 3.06. The van der Waals surface area contributed by atoms with Gasteiger partial charge in [-0.05, 0) is 66.4 Å². The molecule has 0 bridgehead atoms. The number of aryl methyl sites for hydroxylation is 1. The first kappa shape index (κ1) is 18.4. The van der Waals surface area contributed by atoms with Gasteiger partial charge in [0.05, 0.1) is 0 Å². The smallest absolute Gasteiger partial charge is 0.245 e. The van der Waals surface area contributed by atoms with Gasteiger partial charge < -0.3 is 10.6 Å². The number of amides is 1. The minimum atomic E-state index is -0.569. The second kappa shape index (κ2) is 7.90. The van der Waals surface area contributed by atoms with E-state index in [0.717, 1.165) is 31.5 Å². The molecule has 26 heavy (non-hydrogen) atoms. The van der Waals surface area contributed by atoms with Crippen molar-refractivity contribution in [3.63, 3.8) is 0 Å². The highest BCUT2D eigenvalue weighted by atomic mass is 19.1. The summed E-state index contributed by atoms with van der Waals surface area (Å²) < 4.78 is 14.7. The summed E-state index contributed by atoms with van der Waals surface area (Å²) in [5.41, 5.74) is 0.950. The topological polar surface area (TPSA) is 84.7 Å². The van der Waals surface area contributed by atoms with E-state index in [0.29, 0.717) is 18.8 Å². The summed E-state index contributed by atoms with van der Waals surface area (Å²) in [6, 6.07) is 5.59. The first-order chi connectivity index (χ1) is 12.5. The molecule has 1 amide bonds. The number of carbonyl (C=O) groups excluding carboxylic acids is 1. The number of benzene rings is 1. The summed E-state index contributed by atoms with van der Waals surface area (Å²) in [4.78, 5) is 12.9. The van der Waals surface area contributed by atoms with Crippen LogP contribution in [0, 0.1) is 18.2 Å². The van der Waals surface area contributed by atoms with E-state index in [1.54, 1.807) is 19.1 Å². The first-order valence-corrected chi connectivity index (χ1v) is 8.94. The second-order valence-corrected chi connectivity index (χ2v) is 7.30. The van der Waals surface area contributed by atoms with Gasteiger partial charge in [-0.25, -0.2) is 9.07 Å². The molecule has 0 aliphatic carbocycles. The number of aromatic nitrogens is 4. The van der Waals surface area contributed by atoms with Crippen molar-refractivity contribution in [2.45, 2.75) is 39.2 Å². The summed E-state index contributed by atoms with van der Waals surface area (Å²) in [6.45, 7) is 6.52. The van der Waals surface area contributed by atoms with E-state index >= 15 is 0 Å². The predicted molar refractivity (Wildman–Crippen MR) is 94.9 cm³/mol. The van der Waals surface area contributed by atoms with Gasteiger partial charge in [0.2, 0.25) is 5.91 Å². The van der Waals surface area contributed by atoms with Crippen LogP contribution in [-0.2, 0) is 11.2 Å². The zero-order chi connectivity index (χ0) is 18.6. The minimum Gasteiger partial charge on any atom is -0.354 e. The number of nitrogens with zero attached hydrogens (tertiary/aromatic N) is 4. The molecule has 1 atom stereocenters. The number of hydrogen-bond acceptors (Lipinski definition) is 5. The van der Waals surface area contributed by atoms with Gasteiger partial charge in [0.15, 0.2) is 0 Å². The van der Waals surface area contributed by atoms with E-state index < -0.39 is 6.04 Å². The molecule has 0 saturated carbocycles. The van der Waals surface area contributed by atoms with Gasteiger partial charge in [0.1, 0.15) is 17.7 Å². The molecule has 3 rings (SSSR count). The number of halogens is 1. The van der Waals surface area contributed by atoms with Crippen LogP contribution in [0.4, 0.5) is 4.39 Å². The van der Waals surface area contributed by atoms with Crippen LogP contribution in [0.15, 0.2) is 24.3 Å². The molecule has 2 aromatic rings. The maximum Gasteiger partial charge on any atom is 0.245 e. The van der Waals surface area contributed by atoms with Gasteiger partial charge in [0.25, 0.3) is 0 Å². The zero-order valence-electron chi connectivity index (χ0n) is 15.2. The van der Waals surface area contributed by atoms with Crippen LogP contribution in [0.2, 0.25) is 0 Å². The van der Waals surface area contributed by atoms with Crippen molar-refractivity contribution in [1.29, 1.82) is 0 Å². The Bertz CT molecular complexity index is 738. The SMILES string of the molecule is Cc1nnnn1C(Cc1ccc(F)cc1)C(=O)NCC1(C)CCNCC1. The highest BCUT2D eigenvalue weighted by molar-refractivity contribution is 5.80. The van der Waals surface area contributed by atoms with E-state index in [1.165, 1.54) is 16.8 Å². The van der Waals surface area contributed by atoms with Crippen LogP contribution in [0.5, 0.6) is 0 Å². The molecule has 1 unspecified atom stereocenters. The highest BCUT2D eigenvalue weighted by Crippen LogP contribution is 2.27. The highest BCUT2D eigenvalue weighted by Gasteiger charge is 2.30. The van der Waals surface area contributed by atoms with Crippen molar-refractivity contribution < 1.29 is 9.18 Å². The average molecular weight is 360 g/mol. The maximum absolute atomic E-state index is 13.2. The van der Waals surface area contributed by atoms with Crippen LogP contribution >= 0.6 is 0 Å². The molecule has 1 aliphatic heterocycles. The van der Waals surface area contributed by atoms with Crippen molar-refractivity contribution in [1.82, 2.24) is 30.8 Å². The second-order valence-electron chi connectivity index (χ2n) is 7.30. The number of carbonyl (C=O) groups is 1. The Balaban J connectivity index is 1.73. The van der Waals surface area contributed by atoms with Gasteiger partial charge >= 0.3 is 0 Å². The summed E-state index contributed by atoms with van der Waals surface area (Å²) in [6.07, 6.45) is 2.45. The summed E-state index contributed by atoms with van der Waals surface area (Å²) in [7, 11) is 0. The number of piperidine rings is 1. The van der Waals surface area contributed by atoms with E-state index in [2.05, 4.69) is 33.1 Å². The third-order valence-electron chi connectivity index (χ3n) is 5.10. The lowest BCUT2D eigenvalue weighted by molar-refractivity contribution is -0.125. The molecule has 0 radical (unpaired) electrons. The van der Waals surface area contributed by atoms with Gasteiger partial charge in [-0.1, -0.05) is 19.1 Å². The molecule has 7 nitrogen and oxygen atoms in total. The van der Waals surface area contributed by atoms with Crippen LogP contribution in [0.3, 0.4) is 0 Å². The lowest BCUT2D eigenvalue weighted by Crippen LogP contribution is -2.45. The summed E-state index contributed by atoms with van der Waals surface area (Å²) in [5, 5.41) is 18.0. The lowest BCUT2D eigenvalue weighted by Gasteiger charge is -2.34. The Morgan fingerprint density at radius 1 is 1.35 bits per heavy atom. The van der Waals surface area contributed by atoms with Crippen LogP contribution < -0.4 is 10.6 Å². The molecule has 1 aromatic heterocycles. The third kappa shape index (κ3) is 4.43. The maximum atomic E-state index is 13.2. The Kier molecular flexibility index (Phi) is 5.61. The minimum absolute atomic E-state index is 0.0942. The van der Waals surface area contributed by atoms with Crippen molar-refractivity contribution in [2.75, 3.05) is 19.6 Å². The van der Waals surface area contributed by atoms with Crippen molar-refractivity contribution in [3.8, 4) is 0 Å². The number of rotatable bonds is 6. The van der Waals surface area contributed by atoms with Gasteiger partial charge in [-0.3, -0.25) is 4.79 Å². The van der Waals surface area contributed by atoms with Crippen molar-refractivity contribution >= 4 is 5.91 Å². The van der Waals surface area contributed by atoms with E-state index in [4.69, 9.17) is 0 Å². The fraction of sp³-hybridized carbons (Fsp3) is 0.556. The normalized spacial score (nSPS) is 17.7. The fourth-order valence-electron chi connectivity index (χ4n) is 3.29. The lowest BCUT2D eigenvalue weighted by atomic mass is 9.81. The number of nitrogens with one attached hydrogen (secondary N) is 2. The fourth-order valence-corrected chi connectivity index (χ4v) is 3.29. The third-order valence-corrected chi connectivity index (χ3v) is 5.10. The molecule has 1 aliphatic rings. The predicted octanol–water partition coefficient (Wildman–Crippen LogP) is 1.41. The molecular formula is C18H25FN6O. The van der Waals surface area contributed by atoms with Gasteiger partial charge in [-0.15, -0.1) is 5.10 Å². The van der Waals surface area contributed by atoms with Crippen LogP contribution in [0.25, 0.3) is 0 Å². The molecule has 1 aromatic carbocycles. The molecule has 0 spiro atoms. The number of tetrazole rings is 1. The first-order valence-electron chi connectivity index (χ1n) is 8.94. The van der Waals surface area contributed by atoms with Crippen molar-refractivity contribution in [2.24, 2.45) is 5.41 Å². The molecule has 1 saturated heterocycles. The van der Waals surface area contributed by atoms with Crippen LogP contribution in [-0.4, -0.2) is 45.7 Å². The summed E-state index contributed by atoms with van der Waals surface area (Å²) >= 11 is 0. The molecular weight excluding hydrogens is 335 g/mol. The van der Waals surface area contributed by atoms with E-state index in [1.807, 2.05) is 0 Å².